The highest BCUT2D eigenvalue weighted by molar-refractivity contribution is 8.15. The van der Waals surface area contributed by atoms with Gasteiger partial charge in [-0.3, -0.25) is 0 Å². The van der Waals surface area contributed by atoms with E-state index in [1.807, 2.05) is 23.5 Å². The van der Waals surface area contributed by atoms with Crippen molar-refractivity contribution in [2.24, 2.45) is 0 Å². The molecule has 2 aliphatic rings. The van der Waals surface area contributed by atoms with E-state index in [0.29, 0.717) is 0 Å². The molecule has 6 rings (SSSR count). The SMILES string of the molecule is C1=C(c2ccccc2)C=C(c2ccccc2)SC1=C1C=C(c2ccccc2)C=C(c2ccccc2)S1. The van der Waals surface area contributed by atoms with Crippen molar-refractivity contribution < 1.29 is 0 Å². The first-order valence-corrected chi connectivity index (χ1v) is 13.7. The van der Waals surface area contributed by atoms with E-state index in [4.69, 9.17) is 0 Å². The number of benzene rings is 4. The van der Waals surface area contributed by atoms with E-state index in [1.165, 1.54) is 53.0 Å². The van der Waals surface area contributed by atoms with Crippen molar-refractivity contribution in [3.05, 3.63) is 178 Å². The van der Waals surface area contributed by atoms with E-state index in [9.17, 15) is 0 Å². The molecule has 2 heterocycles. The molecule has 0 N–H and O–H groups in total. The van der Waals surface area contributed by atoms with Gasteiger partial charge < -0.3 is 0 Å². The Kier molecular flexibility index (Phi) is 6.62. The Balaban J connectivity index is 1.51. The molecule has 4 aromatic carbocycles. The lowest BCUT2D eigenvalue weighted by atomic mass is 10.0. The summed E-state index contributed by atoms with van der Waals surface area (Å²) in [6, 6.07) is 42.8. The number of rotatable bonds is 4. The molecule has 0 bridgehead atoms. The lowest BCUT2D eigenvalue weighted by Gasteiger charge is -2.22. The Bertz CT molecular complexity index is 1400. The first kappa shape index (κ1) is 22.7. The van der Waals surface area contributed by atoms with Gasteiger partial charge in [-0.1, -0.05) is 145 Å². The van der Waals surface area contributed by atoms with Crippen LogP contribution < -0.4 is 0 Å². The summed E-state index contributed by atoms with van der Waals surface area (Å²) in [7, 11) is 0. The highest BCUT2D eigenvalue weighted by atomic mass is 32.2. The molecular formula is C34H24S2. The minimum absolute atomic E-state index is 1.23. The maximum Gasteiger partial charge on any atom is 0.0268 e. The third-order valence-electron chi connectivity index (χ3n) is 6.16. The molecule has 0 aromatic heterocycles. The van der Waals surface area contributed by atoms with Crippen LogP contribution in [0.3, 0.4) is 0 Å². The standard InChI is InChI=1S/C34H24S2/c1-5-13-25(14-6-1)29-21-31(27-17-9-3-10-18-27)35-33(23-29)34-24-30(26-15-7-2-8-16-26)22-32(36-34)28-19-11-4-12-20-28/h1-24H. The van der Waals surface area contributed by atoms with E-state index in [2.05, 4.69) is 146 Å². The molecule has 0 radical (unpaired) electrons. The Hall–Kier alpha value is -3.72. The smallest absolute Gasteiger partial charge is 0.0268 e. The van der Waals surface area contributed by atoms with Crippen molar-refractivity contribution in [2.45, 2.75) is 0 Å². The Morgan fingerprint density at radius 2 is 0.611 bits per heavy atom. The van der Waals surface area contributed by atoms with Crippen molar-refractivity contribution in [3.8, 4) is 0 Å². The second-order valence-corrected chi connectivity index (χ2v) is 10.8. The highest BCUT2D eigenvalue weighted by Crippen LogP contribution is 2.50. The summed E-state index contributed by atoms with van der Waals surface area (Å²) in [6.45, 7) is 0. The van der Waals surface area contributed by atoms with Gasteiger partial charge in [-0.2, -0.15) is 0 Å². The van der Waals surface area contributed by atoms with Gasteiger partial charge in [0.25, 0.3) is 0 Å². The van der Waals surface area contributed by atoms with Crippen LogP contribution in [0, 0.1) is 0 Å². The van der Waals surface area contributed by atoms with Gasteiger partial charge in [0, 0.05) is 19.6 Å². The summed E-state index contributed by atoms with van der Waals surface area (Å²) in [5, 5.41) is 0. The predicted octanol–water partition coefficient (Wildman–Crippen LogP) is 9.94. The van der Waals surface area contributed by atoms with Gasteiger partial charge in [-0.25, -0.2) is 0 Å². The number of thioether (sulfide) groups is 2. The largest absolute Gasteiger partial charge is 0.0882 e. The van der Waals surface area contributed by atoms with Crippen LogP contribution in [0.5, 0.6) is 0 Å². The summed E-state index contributed by atoms with van der Waals surface area (Å²) in [6.07, 6.45) is 9.34. The molecule has 172 valence electrons. The van der Waals surface area contributed by atoms with Crippen molar-refractivity contribution in [1.82, 2.24) is 0 Å². The predicted molar refractivity (Wildman–Crippen MR) is 160 cm³/mol. The maximum absolute atomic E-state index is 2.35. The van der Waals surface area contributed by atoms with Crippen molar-refractivity contribution >= 4 is 44.5 Å². The molecule has 0 unspecified atom stereocenters. The first-order chi connectivity index (χ1) is 17.8. The second-order valence-electron chi connectivity index (χ2n) is 8.61. The zero-order valence-corrected chi connectivity index (χ0v) is 21.3. The van der Waals surface area contributed by atoms with Crippen LogP contribution in [-0.4, -0.2) is 0 Å². The van der Waals surface area contributed by atoms with E-state index in [1.54, 1.807) is 0 Å². The van der Waals surface area contributed by atoms with Gasteiger partial charge in [0.1, 0.15) is 0 Å². The Morgan fingerprint density at radius 3 is 0.944 bits per heavy atom. The van der Waals surface area contributed by atoms with Crippen LogP contribution in [0.15, 0.2) is 155 Å². The molecule has 0 amide bonds. The second kappa shape index (κ2) is 10.5. The minimum Gasteiger partial charge on any atom is -0.0882 e. The first-order valence-electron chi connectivity index (χ1n) is 12.0. The van der Waals surface area contributed by atoms with E-state index >= 15 is 0 Å². The molecular weight excluding hydrogens is 473 g/mol. The maximum atomic E-state index is 2.35. The van der Waals surface area contributed by atoms with Crippen molar-refractivity contribution in [1.29, 1.82) is 0 Å². The topological polar surface area (TPSA) is 0 Å². The van der Waals surface area contributed by atoms with Gasteiger partial charge in [0.15, 0.2) is 0 Å². The monoisotopic (exact) mass is 496 g/mol. The molecule has 0 nitrogen and oxygen atoms in total. The zero-order valence-electron chi connectivity index (χ0n) is 19.7. The molecule has 0 atom stereocenters. The van der Waals surface area contributed by atoms with Crippen LogP contribution >= 0.6 is 23.5 Å². The molecule has 0 saturated carbocycles. The van der Waals surface area contributed by atoms with Gasteiger partial charge >= 0.3 is 0 Å². The molecule has 36 heavy (non-hydrogen) atoms. The number of allylic oxidation sites excluding steroid dienone is 6. The molecule has 0 spiro atoms. The molecule has 0 aliphatic carbocycles. The van der Waals surface area contributed by atoms with Crippen LogP contribution in [0.25, 0.3) is 21.0 Å². The molecule has 2 aliphatic heterocycles. The lowest BCUT2D eigenvalue weighted by Crippen LogP contribution is -1.96. The van der Waals surface area contributed by atoms with Crippen molar-refractivity contribution in [3.63, 3.8) is 0 Å². The molecule has 0 fully saturated rings. The Labute approximate surface area is 221 Å². The average Bonchev–Trinajstić information content (AvgIpc) is 2.98. The third-order valence-corrected chi connectivity index (χ3v) is 8.55. The third kappa shape index (κ3) is 4.97. The fourth-order valence-electron chi connectivity index (χ4n) is 4.33. The lowest BCUT2D eigenvalue weighted by molar-refractivity contribution is 1.59. The van der Waals surface area contributed by atoms with Crippen molar-refractivity contribution in [2.75, 3.05) is 0 Å². The number of hydrogen-bond donors (Lipinski definition) is 0. The summed E-state index contributed by atoms with van der Waals surface area (Å²) in [4.78, 5) is 5.08. The molecule has 2 heteroatoms. The normalized spacial score (nSPS) is 17.6. The minimum atomic E-state index is 1.23. The fourth-order valence-corrected chi connectivity index (χ4v) is 6.62. The summed E-state index contributed by atoms with van der Waals surface area (Å²) < 4.78 is 0. The van der Waals surface area contributed by atoms with Crippen LogP contribution in [0.4, 0.5) is 0 Å². The summed E-state index contributed by atoms with van der Waals surface area (Å²) >= 11 is 3.71. The zero-order chi connectivity index (χ0) is 24.2. The van der Waals surface area contributed by atoms with E-state index in [-0.39, 0.29) is 0 Å². The fraction of sp³-hybridized carbons (Fsp3) is 0. The van der Waals surface area contributed by atoms with Gasteiger partial charge in [0.2, 0.25) is 0 Å². The quantitative estimate of drug-likeness (QED) is 0.276. The van der Waals surface area contributed by atoms with Gasteiger partial charge in [-0.15, -0.1) is 0 Å². The van der Waals surface area contributed by atoms with Gasteiger partial charge in [0.05, 0.1) is 0 Å². The van der Waals surface area contributed by atoms with Crippen LogP contribution in [-0.2, 0) is 0 Å². The van der Waals surface area contributed by atoms with Crippen LogP contribution in [0.2, 0.25) is 0 Å². The number of hydrogen-bond acceptors (Lipinski definition) is 2. The van der Waals surface area contributed by atoms with Crippen LogP contribution in [0.1, 0.15) is 22.3 Å². The molecule has 0 saturated heterocycles. The highest BCUT2D eigenvalue weighted by Gasteiger charge is 2.21. The van der Waals surface area contributed by atoms with E-state index < -0.39 is 0 Å². The average molecular weight is 497 g/mol. The van der Waals surface area contributed by atoms with Gasteiger partial charge in [-0.05, 0) is 57.7 Å². The summed E-state index contributed by atoms with van der Waals surface area (Å²) in [5.74, 6) is 0. The summed E-state index contributed by atoms with van der Waals surface area (Å²) in [5.41, 5.74) is 7.43. The Morgan fingerprint density at radius 1 is 0.306 bits per heavy atom. The van der Waals surface area contributed by atoms with E-state index in [0.717, 1.165) is 0 Å². The molecule has 4 aromatic rings.